The normalized spacial score (nSPS) is 12.7. The molecule has 0 bridgehead atoms. The first-order valence-electron chi connectivity index (χ1n) is 7.25. The Morgan fingerprint density at radius 3 is 2.10 bits per heavy atom. The molecular formula is C18H22BrNS. The minimum absolute atomic E-state index is 0.366. The van der Waals surface area contributed by atoms with E-state index in [-0.39, 0.29) is 0 Å². The Kier molecular flexibility index (Phi) is 5.91. The lowest BCUT2D eigenvalue weighted by molar-refractivity contribution is 0.651. The predicted octanol–water partition coefficient (Wildman–Crippen LogP) is 6.00. The van der Waals surface area contributed by atoms with Gasteiger partial charge in [-0.15, -0.1) is 0 Å². The lowest BCUT2D eigenvalue weighted by Crippen LogP contribution is -2.12. The molecular weight excluding hydrogens is 342 g/mol. The van der Waals surface area contributed by atoms with E-state index in [2.05, 4.69) is 84.5 Å². The summed E-state index contributed by atoms with van der Waals surface area (Å²) in [5.74, 6) is 0.582. The maximum Gasteiger partial charge on any atom is 0.0318 e. The second kappa shape index (κ2) is 7.48. The van der Waals surface area contributed by atoms with E-state index in [1.165, 1.54) is 20.9 Å². The Bertz CT molecular complexity index is 593. The number of benzene rings is 2. The Labute approximate surface area is 140 Å². The Hall–Kier alpha value is -0.770. The van der Waals surface area contributed by atoms with Gasteiger partial charge in [0.05, 0.1) is 0 Å². The predicted molar refractivity (Wildman–Crippen MR) is 96.3 cm³/mol. The van der Waals surface area contributed by atoms with Crippen LogP contribution in [0.3, 0.4) is 0 Å². The van der Waals surface area contributed by atoms with E-state index in [0.717, 1.165) is 4.47 Å². The highest BCUT2D eigenvalue weighted by Gasteiger charge is 2.08. The summed E-state index contributed by atoms with van der Waals surface area (Å²) in [7, 11) is 1.98. The van der Waals surface area contributed by atoms with Crippen LogP contribution in [0.25, 0.3) is 0 Å². The van der Waals surface area contributed by atoms with E-state index < -0.39 is 0 Å². The maximum atomic E-state index is 3.69. The number of rotatable bonds is 5. The molecule has 0 aliphatic carbocycles. The highest BCUT2D eigenvalue weighted by Crippen LogP contribution is 2.35. The molecule has 0 saturated heterocycles. The summed E-state index contributed by atoms with van der Waals surface area (Å²) in [5.41, 5.74) is 2.68. The van der Waals surface area contributed by atoms with Gasteiger partial charge in [0.25, 0.3) is 0 Å². The van der Waals surface area contributed by atoms with Crippen LogP contribution in [0.15, 0.2) is 56.7 Å². The van der Waals surface area contributed by atoms with Gasteiger partial charge in [-0.1, -0.05) is 43.8 Å². The SMILES string of the molecule is CNC(C)c1ccc(Sc2ccc(C(C)C)cc2)c(Br)c1. The van der Waals surface area contributed by atoms with Gasteiger partial charge in [0.15, 0.2) is 0 Å². The first kappa shape index (κ1) is 16.6. The highest BCUT2D eigenvalue weighted by atomic mass is 79.9. The zero-order chi connectivity index (χ0) is 15.4. The van der Waals surface area contributed by atoms with Gasteiger partial charge in [-0.05, 0) is 71.2 Å². The first-order chi connectivity index (χ1) is 10.0. The third kappa shape index (κ3) is 4.35. The molecule has 1 nitrogen and oxygen atoms in total. The van der Waals surface area contributed by atoms with Crippen molar-refractivity contribution in [3.63, 3.8) is 0 Å². The van der Waals surface area contributed by atoms with E-state index >= 15 is 0 Å². The van der Waals surface area contributed by atoms with Crippen molar-refractivity contribution >= 4 is 27.7 Å². The smallest absolute Gasteiger partial charge is 0.0318 e. The lowest BCUT2D eigenvalue weighted by Gasteiger charge is -2.13. The van der Waals surface area contributed by atoms with E-state index in [9.17, 15) is 0 Å². The number of halogens is 1. The van der Waals surface area contributed by atoms with Crippen LogP contribution in [-0.4, -0.2) is 7.05 Å². The lowest BCUT2D eigenvalue weighted by atomic mass is 10.0. The summed E-state index contributed by atoms with van der Waals surface area (Å²) in [6.07, 6.45) is 0. The molecule has 1 N–H and O–H groups in total. The standard InChI is InChI=1S/C18H22BrNS/c1-12(2)14-5-8-16(9-6-14)21-18-10-7-15(11-17(18)19)13(3)20-4/h5-13,20H,1-4H3. The molecule has 112 valence electrons. The van der Waals surface area contributed by atoms with Gasteiger partial charge in [-0.25, -0.2) is 0 Å². The Morgan fingerprint density at radius 2 is 1.57 bits per heavy atom. The van der Waals surface area contributed by atoms with Crippen molar-refractivity contribution in [2.24, 2.45) is 0 Å². The topological polar surface area (TPSA) is 12.0 Å². The van der Waals surface area contributed by atoms with Crippen LogP contribution in [0.2, 0.25) is 0 Å². The van der Waals surface area contributed by atoms with Crippen molar-refractivity contribution in [1.29, 1.82) is 0 Å². The van der Waals surface area contributed by atoms with Gasteiger partial charge < -0.3 is 5.32 Å². The van der Waals surface area contributed by atoms with Gasteiger partial charge in [0.2, 0.25) is 0 Å². The quantitative estimate of drug-likeness (QED) is 0.698. The molecule has 1 atom stereocenters. The fourth-order valence-electron chi connectivity index (χ4n) is 2.08. The van der Waals surface area contributed by atoms with Crippen LogP contribution in [0, 0.1) is 0 Å². The van der Waals surface area contributed by atoms with E-state index in [1.807, 2.05) is 7.05 Å². The average Bonchev–Trinajstić information content (AvgIpc) is 2.49. The summed E-state index contributed by atoms with van der Waals surface area (Å²) in [4.78, 5) is 2.52. The zero-order valence-electron chi connectivity index (χ0n) is 13.0. The summed E-state index contributed by atoms with van der Waals surface area (Å²) < 4.78 is 1.15. The summed E-state index contributed by atoms with van der Waals surface area (Å²) in [5, 5.41) is 3.27. The summed E-state index contributed by atoms with van der Waals surface area (Å²) >= 11 is 5.49. The van der Waals surface area contributed by atoms with Crippen molar-refractivity contribution < 1.29 is 0 Å². The van der Waals surface area contributed by atoms with Gasteiger partial charge in [-0.3, -0.25) is 0 Å². The fraction of sp³-hybridized carbons (Fsp3) is 0.333. The van der Waals surface area contributed by atoms with Crippen LogP contribution in [0.1, 0.15) is 43.9 Å². The third-order valence-electron chi connectivity index (χ3n) is 3.66. The Balaban J connectivity index is 2.16. The van der Waals surface area contributed by atoms with Crippen molar-refractivity contribution in [1.82, 2.24) is 5.32 Å². The van der Waals surface area contributed by atoms with Crippen LogP contribution in [-0.2, 0) is 0 Å². The molecule has 0 heterocycles. The van der Waals surface area contributed by atoms with Gasteiger partial charge in [0, 0.05) is 20.3 Å². The molecule has 2 aromatic rings. The minimum Gasteiger partial charge on any atom is -0.313 e. The molecule has 0 aromatic heterocycles. The van der Waals surface area contributed by atoms with Crippen molar-refractivity contribution in [2.75, 3.05) is 7.05 Å². The second-order valence-electron chi connectivity index (χ2n) is 5.53. The Morgan fingerprint density at radius 1 is 0.952 bits per heavy atom. The van der Waals surface area contributed by atoms with E-state index in [4.69, 9.17) is 0 Å². The molecule has 0 aliphatic rings. The monoisotopic (exact) mass is 363 g/mol. The molecule has 0 amide bonds. The molecule has 2 aromatic carbocycles. The summed E-state index contributed by atoms with van der Waals surface area (Å²) in [6, 6.07) is 15.8. The van der Waals surface area contributed by atoms with E-state index in [1.54, 1.807) is 11.8 Å². The minimum atomic E-state index is 0.366. The van der Waals surface area contributed by atoms with Crippen molar-refractivity contribution in [2.45, 2.75) is 42.5 Å². The fourth-order valence-corrected chi connectivity index (χ4v) is 3.54. The van der Waals surface area contributed by atoms with Crippen molar-refractivity contribution in [3.8, 4) is 0 Å². The second-order valence-corrected chi connectivity index (χ2v) is 7.50. The average molecular weight is 364 g/mol. The van der Waals surface area contributed by atoms with E-state index in [0.29, 0.717) is 12.0 Å². The van der Waals surface area contributed by atoms with Gasteiger partial charge >= 0.3 is 0 Å². The first-order valence-corrected chi connectivity index (χ1v) is 8.86. The molecule has 1 unspecified atom stereocenters. The molecule has 21 heavy (non-hydrogen) atoms. The zero-order valence-corrected chi connectivity index (χ0v) is 15.4. The molecule has 0 spiro atoms. The largest absolute Gasteiger partial charge is 0.313 e. The maximum absolute atomic E-state index is 3.69. The number of hydrogen-bond acceptors (Lipinski definition) is 2. The molecule has 0 fully saturated rings. The van der Waals surface area contributed by atoms with Crippen LogP contribution >= 0.6 is 27.7 Å². The number of hydrogen-bond donors (Lipinski definition) is 1. The molecule has 0 aliphatic heterocycles. The molecule has 0 saturated carbocycles. The van der Waals surface area contributed by atoms with Crippen LogP contribution in [0.4, 0.5) is 0 Å². The van der Waals surface area contributed by atoms with Crippen molar-refractivity contribution in [3.05, 3.63) is 58.1 Å². The summed E-state index contributed by atoms with van der Waals surface area (Å²) in [6.45, 7) is 6.61. The third-order valence-corrected chi connectivity index (χ3v) is 5.67. The molecule has 2 rings (SSSR count). The van der Waals surface area contributed by atoms with Gasteiger partial charge in [0.1, 0.15) is 0 Å². The van der Waals surface area contributed by atoms with Crippen LogP contribution in [0.5, 0.6) is 0 Å². The molecule has 0 radical (unpaired) electrons. The molecule has 3 heteroatoms. The van der Waals surface area contributed by atoms with Crippen LogP contribution < -0.4 is 5.32 Å². The van der Waals surface area contributed by atoms with Gasteiger partial charge in [-0.2, -0.15) is 0 Å². The number of nitrogens with one attached hydrogen (secondary N) is 1. The highest BCUT2D eigenvalue weighted by molar-refractivity contribution is 9.10.